The van der Waals surface area contributed by atoms with Crippen molar-refractivity contribution in [3.63, 3.8) is 0 Å². The zero-order valence-corrected chi connectivity index (χ0v) is 21.3. The molecule has 0 aromatic carbocycles. The molecule has 6 nitrogen and oxygen atoms in total. The molecular formula is C20H41IN4O2S. The smallest absolute Gasteiger partial charge is 0.191 e. The van der Waals surface area contributed by atoms with Crippen molar-refractivity contribution in [2.45, 2.75) is 89.5 Å². The summed E-state index contributed by atoms with van der Waals surface area (Å²) >= 11 is 0. The van der Waals surface area contributed by atoms with Crippen LogP contribution < -0.4 is 10.6 Å². The summed E-state index contributed by atoms with van der Waals surface area (Å²) in [5, 5.41) is 6.83. The predicted molar refractivity (Wildman–Crippen MR) is 130 cm³/mol. The molecule has 0 aromatic heterocycles. The number of sulfone groups is 1. The van der Waals surface area contributed by atoms with Crippen LogP contribution in [-0.2, 0) is 9.84 Å². The molecule has 1 saturated heterocycles. The van der Waals surface area contributed by atoms with Gasteiger partial charge in [-0.25, -0.2) is 8.42 Å². The molecule has 0 aromatic rings. The van der Waals surface area contributed by atoms with E-state index >= 15 is 0 Å². The molecule has 0 radical (unpaired) electrons. The third-order valence-electron chi connectivity index (χ3n) is 5.79. The number of guanidine groups is 1. The zero-order chi connectivity index (χ0) is 19.9. The maximum absolute atomic E-state index is 12.3. The van der Waals surface area contributed by atoms with Crippen LogP contribution in [-0.4, -0.2) is 68.0 Å². The van der Waals surface area contributed by atoms with Gasteiger partial charge in [0, 0.05) is 25.2 Å². The first-order chi connectivity index (χ1) is 12.7. The van der Waals surface area contributed by atoms with E-state index in [1.807, 2.05) is 6.92 Å². The van der Waals surface area contributed by atoms with Crippen molar-refractivity contribution in [3.05, 3.63) is 0 Å². The second kappa shape index (κ2) is 11.9. The minimum atomic E-state index is -3.14. The van der Waals surface area contributed by atoms with E-state index in [2.05, 4.69) is 20.5 Å². The number of nitrogens with zero attached hydrogens (tertiary/aromatic N) is 2. The van der Waals surface area contributed by atoms with E-state index in [1.165, 1.54) is 45.1 Å². The van der Waals surface area contributed by atoms with E-state index < -0.39 is 14.6 Å². The average molecular weight is 529 g/mol. The Labute approximate surface area is 189 Å². The van der Waals surface area contributed by atoms with Gasteiger partial charge in [-0.1, -0.05) is 19.3 Å². The molecule has 2 fully saturated rings. The molecule has 28 heavy (non-hydrogen) atoms. The summed E-state index contributed by atoms with van der Waals surface area (Å²) in [6.07, 6.45) is 9.16. The molecular weight excluding hydrogens is 487 g/mol. The monoisotopic (exact) mass is 528 g/mol. The lowest BCUT2D eigenvalue weighted by molar-refractivity contribution is 0.115. The van der Waals surface area contributed by atoms with Gasteiger partial charge in [0.2, 0.25) is 0 Å². The molecule has 1 unspecified atom stereocenters. The molecule has 0 amide bonds. The minimum Gasteiger partial charge on any atom is -0.357 e. The van der Waals surface area contributed by atoms with Gasteiger partial charge >= 0.3 is 0 Å². The molecule has 1 saturated carbocycles. The first-order valence-electron chi connectivity index (χ1n) is 10.7. The van der Waals surface area contributed by atoms with Gasteiger partial charge in [0.1, 0.15) is 0 Å². The lowest BCUT2D eigenvalue weighted by atomic mass is 9.92. The van der Waals surface area contributed by atoms with Crippen LogP contribution in [0.4, 0.5) is 0 Å². The van der Waals surface area contributed by atoms with E-state index in [9.17, 15) is 8.42 Å². The summed E-state index contributed by atoms with van der Waals surface area (Å²) in [5.74, 6) is 0.837. The summed E-state index contributed by atoms with van der Waals surface area (Å²) in [6, 6.07) is 1.14. The van der Waals surface area contributed by atoms with Gasteiger partial charge in [0.15, 0.2) is 15.8 Å². The Morgan fingerprint density at radius 1 is 1.11 bits per heavy atom. The summed E-state index contributed by atoms with van der Waals surface area (Å²) in [5.41, 5.74) is 0. The molecule has 1 heterocycles. The first kappa shape index (κ1) is 25.9. The van der Waals surface area contributed by atoms with Crippen molar-refractivity contribution >= 4 is 39.8 Å². The second-order valence-electron chi connectivity index (χ2n) is 8.96. The minimum absolute atomic E-state index is 0. The molecule has 8 heteroatoms. The van der Waals surface area contributed by atoms with Crippen molar-refractivity contribution in [1.29, 1.82) is 0 Å². The fraction of sp³-hybridized carbons (Fsp3) is 0.950. The highest BCUT2D eigenvalue weighted by atomic mass is 127. The number of aliphatic imine (C=N–C) groups is 1. The lowest BCUT2D eigenvalue weighted by Crippen LogP contribution is -2.53. The van der Waals surface area contributed by atoms with E-state index in [4.69, 9.17) is 0 Å². The summed E-state index contributed by atoms with van der Waals surface area (Å²) in [4.78, 5) is 7.20. The van der Waals surface area contributed by atoms with Crippen molar-refractivity contribution in [2.75, 3.05) is 31.9 Å². The van der Waals surface area contributed by atoms with E-state index in [-0.39, 0.29) is 29.7 Å². The molecule has 0 bridgehead atoms. The number of rotatable bonds is 6. The Hall–Kier alpha value is -0.0900. The lowest BCUT2D eigenvalue weighted by Gasteiger charge is -2.40. The van der Waals surface area contributed by atoms with Gasteiger partial charge in [-0.05, 0) is 59.9 Å². The largest absolute Gasteiger partial charge is 0.357 e. The van der Waals surface area contributed by atoms with Crippen molar-refractivity contribution in [1.82, 2.24) is 15.5 Å². The maximum atomic E-state index is 12.3. The topological polar surface area (TPSA) is 73.8 Å². The van der Waals surface area contributed by atoms with Gasteiger partial charge in [-0.15, -0.1) is 24.0 Å². The molecule has 1 atom stereocenters. The molecule has 0 spiro atoms. The van der Waals surface area contributed by atoms with Crippen LogP contribution in [0.5, 0.6) is 0 Å². The van der Waals surface area contributed by atoms with E-state index in [0.717, 1.165) is 31.5 Å². The zero-order valence-electron chi connectivity index (χ0n) is 18.2. The van der Waals surface area contributed by atoms with Crippen LogP contribution in [0.25, 0.3) is 0 Å². The highest BCUT2D eigenvalue weighted by molar-refractivity contribution is 14.0. The summed E-state index contributed by atoms with van der Waals surface area (Å²) in [6.45, 7) is 10.6. The number of nitrogens with one attached hydrogen (secondary N) is 2. The van der Waals surface area contributed by atoms with Crippen LogP contribution in [0.1, 0.15) is 72.6 Å². The highest BCUT2D eigenvalue weighted by Crippen LogP contribution is 2.25. The Kier molecular flexibility index (Phi) is 11.1. The van der Waals surface area contributed by atoms with Gasteiger partial charge in [0.05, 0.1) is 17.0 Å². The summed E-state index contributed by atoms with van der Waals surface area (Å²) < 4.78 is 23.8. The molecule has 2 N–H and O–H groups in total. The SMILES string of the molecule is CCNC(=NCCS(=O)(=O)C(C)(C)C)NC1CCCN(C2CCCCC2)C1.I. The summed E-state index contributed by atoms with van der Waals surface area (Å²) in [7, 11) is -3.14. The highest BCUT2D eigenvalue weighted by Gasteiger charge is 2.29. The second-order valence-corrected chi connectivity index (χ2v) is 11.8. The van der Waals surface area contributed by atoms with Crippen LogP contribution in [0, 0.1) is 0 Å². The van der Waals surface area contributed by atoms with Crippen molar-refractivity contribution < 1.29 is 8.42 Å². The molecule has 166 valence electrons. The third kappa shape index (κ3) is 7.97. The number of likely N-dealkylation sites (tertiary alicyclic amines) is 1. The first-order valence-corrected chi connectivity index (χ1v) is 12.4. The Balaban J connectivity index is 0.00000392. The van der Waals surface area contributed by atoms with Gasteiger partial charge in [-0.2, -0.15) is 0 Å². The molecule has 2 rings (SSSR count). The normalized spacial score (nSPS) is 23.1. The van der Waals surface area contributed by atoms with Crippen LogP contribution in [0.15, 0.2) is 4.99 Å². The average Bonchev–Trinajstić information content (AvgIpc) is 2.62. The molecule has 1 aliphatic carbocycles. The number of halogens is 1. The molecule has 2 aliphatic rings. The Morgan fingerprint density at radius 3 is 2.39 bits per heavy atom. The number of hydrogen-bond donors (Lipinski definition) is 2. The number of hydrogen-bond acceptors (Lipinski definition) is 4. The predicted octanol–water partition coefficient (Wildman–Crippen LogP) is 3.17. The van der Waals surface area contributed by atoms with Crippen LogP contribution >= 0.6 is 24.0 Å². The molecule has 1 aliphatic heterocycles. The van der Waals surface area contributed by atoms with E-state index in [0.29, 0.717) is 12.6 Å². The fourth-order valence-corrected chi connectivity index (χ4v) is 4.94. The van der Waals surface area contributed by atoms with Crippen LogP contribution in [0.3, 0.4) is 0 Å². The quantitative estimate of drug-likeness (QED) is 0.315. The van der Waals surface area contributed by atoms with E-state index in [1.54, 1.807) is 20.8 Å². The van der Waals surface area contributed by atoms with Crippen molar-refractivity contribution in [2.24, 2.45) is 4.99 Å². The van der Waals surface area contributed by atoms with Gasteiger partial charge in [0.25, 0.3) is 0 Å². The number of piperidine rings is 1. The van der Waals surface area contributed by atoms with Crippen molar-refractivity contribution in [3.8, 4) is 0 Å². The van der Waals surface area contributed by atoms with Crippen LogP contribution in [0.2, 0.25) is 0 Å². The standard InChI is InChI=1S/C20H40N4O2S.HI/c1-5-21-19(22-13-15-27(25,26)20(2,3)4)23-17-10-9-14-24(16-17)18-11-7-6-8-12-18;/h17-18H,5-16H2,1-4H3,(H2,21,22,23);1H. The van der Waals surface area contributed by atoms with Gasteiger partial charge in [-0.3, -0.25) is 9.89 Å². The fourth-order valence-electron chi connectivity index (χ4n) is 4.00. The third-order valence-corrected chi connectivity index (χ3v) is 8.38. The maximum Gasteiger partial charge on any atom is 0.191 e. The van der Waals surface area contributed by atoms with Gasteiger partial charge < -0.3 is 10.6 Å². The Bertz CT molecular complexity index is 584. The Morgan fingerprint density at radius 2 is 1.79 bits per heavy atom.